The van der Waals surface area contributed by atoms with Crippen molar-refractivity contribution >= 4 is 0 Å². The molecule has 0 aliphatic heterocycles. The van der Waals surface area contributed by atoms with Gasteiger partial charge in [0.15, 0.2) is 0 Å². The fourth-order valence-corrected chi connectivity index (χ4v) is 6.90. The predicted molar refractivity (Wildman–Crippen MR) is 266 cm³/mol. The molecule has 62 heavy (non-hydrogen) atoms. The van der Waals surface area contributed by atoms with Crippen LogP contribution in [0.25, 0.3) is 0 Å². The average Bonchev–Trinajstić information content (AvgIpc) is 3.26. The Hall–Kier alpha value is -0.840. The minimum absolute atomic E-state index is 0.660. The molecular formula is C41H105N21. The fourth-order valence-electron chi connectivity index (χ4n) is 6.90. The number of likely N-dealkylation sites (N-methyl/N-ethyl adjacent to an activating group) is 3. The Morgan fingerprint density at radius 3 is 0.871 bits per heavy atom. The van der Waals surface area contributed by atoms with Gasteiger partial charge in [0.2, 0.25) is 0 Å². The number of hydrogen-bond acceptors (Lipinski definition) is 21. The van der Waals surface area contributed by atoms with Gasteiger partial charge in [-0.25, -0.2) is 0 Å². The molecule has 0 aliphatic rings. The van der Waals surface area contributed by atoms with E-state index in [1.165, 1.54) is 0 Å². The quantitative estimate of drug-likeness (QED) is 0.0200. The molecule has 0 unspecified atom stereocenters. The van der Waals surface area contributed by atoms with Gasteiger partial charge in [0.05, 0.1) is 0 Å². The van der Waals surface area contributed by atoms with Crippen LogP contribution in [-0.2, 0) is 0 Å². The van der Waals surface area contributed by atoms with Crippen LogP contribution in [0, 0.1) is 0 Å². The van der Waals surface area contributed by atoms with Gasteiger partial charge in [-0.3, -0.25) is 35.4 Å². The number of nitrogens with two attached hydrogens (primary N) is 5. The maximum absolute atomic E-state index is 5.93. The van der Waals surface area contributed by atoms with Gasteiger partial charge in [-0.05, 0) is 21.1 Å². The predicted octanol–water partition coefficient (Wildman–Crippen LogP) is -7.71. The molecule has 0 aromatic heterocycles. The van der Waals surface area contributed by atoms with Crippen molar-refractivity contribution in [2.24, 2.45) is 28.7 Å². The molecule has 0 saturated heterocycles. The van der Waals surface area contributed by atoms with E-state index in [1.54, 1.807) is 0 Å². The van der Waals surface area contributed by atoms with Gasteiger partial charge >= 0.3 is 0 Å². The van der Waals surface area contributed by atoms with E-state index < -0.39 is 0 Å². The number of rotatable bonds is 53. The summed E-state index contributed by atoms with van der Waals surface area (Å²) in [5.74, 6) is 0. The van der Waals surface area contributed by atoms with Crippen LogP contribution < -0.4 is 82.1 Å². The first-order valence-corrected chi connectivity index (χ1v) is 24.3. The molecule has 21 nitrogen and oxygen atoms in total. The maximum Gasteiger partial charge on any atom is 0.0228 e. The lowest BCUT2D eigenvalue weighted by Crippen LogP contribution is -2.46. The highest BCUT2D eigenvalue weighted by molar-refractivity contribution is 4.70. The maximum atomic E-state index is 5.93. The zero-order valence-corrected chi connectivity index (χ0v) is 40.4. The highest BCUT2D eigenvalue weighted by Gasteiger charge is 2.10. The third-order valence-electron chi connectivity index (χ3n) is 10.7. The number of nitrogens with zero attached hydrogens (tertiary/aromatic N) is 6. The summed E-state index contributed by atoms with van der Waals surface area (Å²) in [6, 6.07) is 0. The molecule has 20 N–H and O–H groups in total. The number of hydrazine groups is 1. The molecule has 21 heteroatoms. The lowest BCUT2D eigenvalue weighted by Gasteiger charge is -2.26. The topological polar surface area (TPSA) is 270 Å². The van der Waals surface area contributed by atoms with Crippen molar-refractivity contribution in [3.63, 3.8) is 0 Å². The first kappa shape index (κ1) is 61.2. The molecule has 0 aliphatic carbocycles. The van der Waals surface area contributed by atoms with E-state index in [1.807, 2.05) is 14.1 Å². The zero-order chi connectivity index (χ0) is 45.4. The minimum Gasteiger partial charge on any atom is -0.329 e. The van der Waals surface area contributed by atoms with Gasteiger partial charge < -0.3 is 76.1 Å². The third kappa shape index (κ3) is 41.8. The van der Waals surface area contributed by atoms with Crippen LogP contribution >= 0.6 is 0 Å². The number of hydrogen-bond donors (Lipinski definition) is 15. The molecule has 0 heterocycles. The van der Waals surface area contributed by atoms with Crippen molar-refractivity contribution in [3.05, 3.63) is 0 Å². The third-order valence-corrected chi connectivity index (χ3v) is 10.7. The average molecular weight is 892 g/mol. The van der Waals surface area contributed by atoms with E-state index in [9.17, 15) is 0 Å². The second-order valence-electron chi connectivity index (χ2n) is 16.0. The molecule has 0 atom stereocenters. The minimum atomic E-state index is 0.660. The summed E-state index contributed by atoms with van der Waals surface area (Å²) in [6.07, 6.45) is 0. The van der Waals surface area contributed by atoms with Crippen LogP contribution in [0.3, 0.4) is 0 Å². The molecule has 0 spiro atoms. The molecule has 0 aromatic carbocycles. The van der Waals surface area contributed by atoms with Crippen LogP contribution in [0.5, 0.6) is 0 Å². The second-order valence-corrected chi connectivity index (χ2v) is 16.0. The number of nitrogens with one attached hydrogen (secondary N) is 10. The van der Waals surface area contributed by atoms with Crippen molar-refractivity contribution in [3.8, 4) is 0 Å². The first-order chi connectivity index (χ1) is 30.5. The van der Waals surface area contributed by atoms with Crippen molar-refractivity contribution in [2.75, 3.05) is 270 Å². The zero-order valence-electron chi connectivity index (χ0n) is 40.4. The molecule has 0 fully saturated rings. The molecule has 0 amide bonds. The summed E-state index contributed by atoms with van der Waals surface area (Å²) in [5.41, 5.74) is 35.7. The van der Waals surface area contributed by atoms with E-state index in [0.717, 1.165) is 216 Å². The summed E-state index contributed by atoms with van der Waals surface area (Å²) in [4.78, 5) is 14.7. The Morgan fingerprint density at radius 2 is 0.532 bits per heavy atom. The van der Waals surface area contributed by atoms with Crippen LogP contribution in [0.2, 0.25) is 0 Å². The Labute approximate surface area is 380 Å². The van der Waals surface area contributed by atoms with Gasteiger partial charge in [0, 0.05) is 249 Å². The fraction of sp³-hybridized carbons (Fsp3) is 1.00. The van der Waals surface area contributed by atoms with Crippen molar-refractivity contribution in [2.45, 2.75) is 0 Å². The van der Waals surface area contributed by atoms with Crippen molar-refractivity contribution in [1.82, 2.24) is 82.8 Å². The Bertz CT molecular complexity index is 849. The van der Waals surface area contributed by atoms with Crippen LogP contribution in [0.15, 0.2) is 0 Å². The van der Waals surface area contributed by atoms with Gasteiger partial charge in [-0.15, -0.1) is 0 Å². The van der Waals surface area contributed by atoms with Crippen LogP contribution in [0.1, 0.15) is 0 Å². The Kier molecular flexibility index (Phi) is 48.9. The lowest BCUT2D eigenvalue weighted by atomic mass is 10.3. The summed E-state index contributed by atoms with van der Waals surface area (Å²) in [6.45, 7) is 35.2. The lowest BCUT2D eigenvalue weighted by molar-refractivity contribution is 0.243. The first-order valence-electron chi connectivity index (χ1n) is 24.3. The normalized spacial score (nSPS) is 12.3. The molecule has 0 radical (unpaired) electrons. The highest BCUT2D eigenvalue weighted by Crippen LogP contribution is 1.92. The van der Waals surface area contributed by atoms with E-state index in [4.69, 9.17) is 28.7 Å². The van der Waals surface area contributed by atoms with E-state index in [-0.39, 0.29) is 0 Å². The Balaban J connectivity index is 5.05. The van der Waals surface area contributed by atoms with Gasteiger partial charge in [-0.1, -0.05) is 0 Å². The summed E-state index contributed by atoms with van der Waals surface area (Å²) in [7, 11) is 6.11. The molecule has 0 aromatic rings. The summed E-state index contributed by atoms with van der Waals surface area (Å²) < 4.78 is 0. The van der Waals surface area contributed by atoms with E-state index in [0.29, 0.717) is 32.7 Å². The van der Waals surface area contributed by atoms with Crippen LogP contribution in [-0.4, -0.2) is 299 Å². The van der Waals surface area contributed by atoms with Crippen LogP contribution in [0.4, 0.5) is 0 Å². The van der Waals surface area contributed by atoms with Gasteiger partial charge in [-0.2, -0.15) is 0 Å². The van der Waals surface area contributed by atoms with Gasteiger partial charge in [0.25, 0.3) is 0 Å². The van der Waals surface area contributed by atoms with Gasteiger partial charge in [0.1, 0.15) is 0 Å². The van der Waals surface area contributed by atoms with Crippen molar-refractivity contribution < 1.29 is 0 Å². The van der Waals surface area contributed by atoms with E-state index >= 15 is 0 Å². The molecule has 0 rings (SSSR count). The molecule has 0 bridgehead atoms. The molecular weight excluding hydrogens is 787 g/mol. The second kappa shape index (κ2) is 49.6. The summed E-state index contributed by atoms with van der Waals surface area (Å²) >= 11 is 0. The smallest absolute Gasteiger partial charge is 0.0228 e. The standard InChI is InChI=1S/C41H105N21/c1-47-10-11-50-14-32-59(28-8-46)33-16-52-21-39-62(41-24-56-55-23-29-57(3)25-5-43)40-22-54-20-38-61(36-18-51-15-31-58(26-6-44)27-7-45)37-19-53-17-35-60(30-12-48-2)34-13-49-9-4-42/h47-56H,4-46H2,1-3H3. The molecule has 374 valence electrons. The van der Waals surface area contributed by atoms with Crippen molar-refractivity contribution in [1.29, 1.82) is 0 Å². The molecule has 0 saturated carbocycles. The Morgan fingerprint density at radius 1 is 0.258 bits per heavy atom. The highest BCUT2D eigenvalue weighted by atomic mass is 15.4. The monoisotopic (exact) mass is 892 g/mol. The largest absolute Gasteiger partial charge is 0.329 e. The summed E-state index contributed by atoms with van der Waals surface area (Å²) in [5, 5.41) is 28.3. The van der Waals surface area contributed by atoms with E-state index in [2.05, 4.69) is 89.8 Å². The SMILES string of the molecule is CNCCNCCN(CCN)CCNCCN(CCNCCN(CCNCCN(CCN)CCN)CCNCCN(CCNC)CCNCCN)CCNNCCN(C)CCN.